The normalized spacial score (nSPS) is 11.8. The van der Waals surface area contributed by atoms with Crippen LogP contribution in [0.5, 0.6) is 0 Å². The zero-order valence-electron chi connectivity index (χ0n) is 9.14. The van der Waals surface area contributed by atoms with E-state index in [-0.39, 0.29) is 5.56 Å². The summed E-state index contributed by atoms with van der Waals surface area (Å²) in [4.78, 5) is 3.74. The number of nitrogens with one attached hydrogen (secondary N) is 1. The maximum atomic E-state index is 12.6. The zero-order chi connectivity index (χ0) is 12.0. The number of alkyl halides is 3. The number of hydrogen-bond donors (Lipinski definition) is 1. The summed E-state index contributed by atoms with van der Waals surface area (Å²) in [6.07, 6.45) is -0.722. The molecule has 0 aliphatic rings. The minimum Gasteiger partial charge on any atom is -0.317 e. The van der Waals surface area contributed by atoms with Gasteiger partial charge < -0.3 is 5.32 Å². The molecule has 0 aliphatic carbocycles. The van der Waals surface area contributed by atoms with Crippen molar-refractivity contribution in [3.05, 3.63) is 29.6 Å². The van der Waals surface area contributed by atoms with Crippen LogP contribution >= 0.6 is 0 Å². The predicted molar refractivity (Wildman–Crippen MR) is 56.1 cm³/mol. The van der Waals surface area contributed by atoms with E-state index in [0.29, 0.717) is 12.8 Å². The topological polar surface area (TPSA) is 24.9 Å². The molecule has 0 fully saturated rings. The molecule has 0 saturated heterocycles. The highest BCUT2D eigenvalue weighted by Gasteiger charge is 2.32. The first kappa shape index (κ1) is 13.0. The molecule has 0 spiro atoms. The van der Waals surface area contributed by atoms with Gasteiger partial charge in [-0.3, -0.25) is 4.98 Å². The average Bonchev–Trinajstić information content (AvgIpc) is 2.24. The summed E-state index contributed by atoms with van der Waals surface area (Å²) in [7, 11) is 0. The second-order valence-electron chi connectivity index (χ2n) is 3.49. The van der Waals surface area contributed by atoms with Crippen LogP contribution < -0.4 is 5.32 Å². The SMILES string of the molecule is CCNCCCc1cnccc1C(F)(F)F. The predicted octanol–water partition coefficient (Wildman–Crippen LogP) is 2.64. The van der Waals surface area contributed by atoms with Crippen LogP contribution in [0.4, 0.5) is 13.2 Å². The summed E-state index contributed by atoms with van der Waals surface area (Å²) in [6.45, 7) is 3.52. The first-order valence-corrected chi connectivity index (χ1v) is 5.26. The zero-order valence-corrected chi connectivity index (χ0v) is 9.14. The third-order valence-electron chi connectivity index (χ3n) is 2.26. The summed E-state index contributed by atoms with van der Waals surface area (Å²) < 4.78 is 37.7. The molecule has 0 aromatic carbocycles. The molecule has 90 valence electrons. The van der Waals surface area contributed by atoms with Gasteiger partial charge in [-0.2, -0.15) is 13.2 Å². The lowest BCUT2D eigenvalue weighted by Crippen LogP contribution is -2.16. The maximum Gasteiger partial charge on any atom is 0.416 e. The molecule has 0 amide bonds. The van der Waals surface area contributed by atoms with E-state index in [4.69, 9.17) is 0 Å². The summed E-state index contributed by atoms with van der Waals surface area (Å²) in [6, 6.07) is 1.03. The molecule has 0 unspecified atom stereocenters. The summed E-state index contributed by atoms with van der Waals surface area (Å²) >= 11 is 0. The highest BCUT2D eigenvalue weighted by atomic mass is 19.4. The number of pyridine rings is 1. The van der Waals surface area contributed by atoms with Crippen molar-refractivity contribution in [2.45, 2.75) is 25.9 Å². The van der Waals surface area contributed by atoms with Gasteiger partial charge >= 0.3 is 6.18 Å². The molecule has 1 N–H and O–H groups in total. The van der Waals surface area contributed by atoms with E-state index in [9.17, 15) is 13.2 Å². The van der Waals surface area contributed by atoms with Gasteiger partial charge in [0, 0.05) is 12.4 Å². The van der Waals surface area contributed by atoms with Gasteiger partial charge in [-0.25, -0.2) is 0 Å². The third kappa shape index (κ3) is 3.81. The van der Waals surface area contributed by atoms with E-state index in [0.717, 1.165) is 19.2 Å². The van der Waals surface area contributed by atoms with Crippen molar-refractivity contribution in [2.75, 3.05) is 13.1 Å². The van der Waals surface area contributed by atoms with Gasteiger partial charge in [0.25, 0.3) is 0 Å². The molecule has 0 atom stereocenters. The molecule has 0 saturated carbocycles. The largest absolute Gasteiger partial charge is 0.416 e. The van der Waals surface area contributed by atoms with Crippen LogP contribution in [0, 0.1) is 0 Å². The van der Waals surface area contributed by atoms with E-state index in [1.807, 2.05) is 6.92 Å². The minimum atomic E-state index is -4.28. The van der Waals surface area contributed by atoms with Crippen LogP contribution in [0.1, 0.15) is 24.5 Å². The lowest BCUT2D eigenvalue weighted by molar-refractivity contribution is -0.138. The Bertz CT molecular complexity index is 323. The van der Waals surface area contributed by atoms with Crippen LogP contribution in [0.2, 0.25) is 0 Å². The van der Waals surface area contributed by atoms with Crippen LogP contribution in [-0.2, 0) is 12.6 Å². The molecule has 1 heterocycles. The number of aromatic nitrogens is 1. The average molecular weight is 232 g/mol. The van der Waals surface area contributed by atoms with Crippen molar-refractivity contribution < 1.29 is 13.2 Å². The quantitative estimate of drug-likeness (QED) is 0.789. The highest BCUT2D eigenvalue weighted by molar-refractivity contribution is 5.26. The van der Waals surface area contributed by atoms with Crippen molar-refractivity contribution in [3.63, 3.8) is 0 Å². The Morgan fingerprint density at radius 2 is 2.12 bits per heavy atom. The van der Waals surface area contributed by atoms with Crippen LogP contribution in [0.15, 0.2) is 18.5 Å². The standard InChI is InChI=1S/C11H15F3N2/c1-2-15-6-3-4-9-8-16-7-5-10(9)11(12,13)14/h5,7-8,15H,2-4,6H2,1H3. The molecule has 0 aliphatic heterocycles. The molecule has 1 aromatic rings. The van der Waals surface area contributed by atoms with E-state index >= 15 is 0 Å². The van der Waals surface area contributed by atoms with E-state index in [1.54, 1.807) is 0 Å². The smallest absolute Gasteiger partial charge is 0.317 e. The fourth-order valence-electron chi connectivity index (χ4n) is 1.48. The van der Waals surface area contributed by atoms with Crippen molar-refractivity contribution >= 4 is 0 Å². The highest BCUT2D eigenvalue weighted by Crippen LogP contribution is 2.31. The van der Waals surface area contributed by atoms with Crippen LogP contribution in [0.25, 0.3) is 0 Å². The molecule has 5 heteroatoms. The Labute approximate surface area is 92.9 Å². The first-order chi connectivity index (χ1) is 7.55. The fourth-order valence-corrected chi connectivity index (χ4v) is 1.48. The number of nitrogens with zero attached hydrogens (tertiary/aromatic N) is 1. The van der Waals surface area contributed by atoms with Gasteiger partial charge in [0.15, 0.2) is 0 Å². The van der Waals surface area contributed by atoms with Crippen LogP contribution in [-0.4, -0.2) is 18.1 Å². The number of halogens is 3. The molecule has 0 radical (unpaired) electrons. The summed E-state index contributed by atoms with van der Waals surface area (Å²) in [5.74, 6) is 0. The van der Waals surface area contributed by atoms with E-state index in [2.05, 4.69) is 10.3 Å². The number of rotatable bonds is 5. The van der Waals surface area contributed by atoms with Crippen molar-refractivity contribution in [1.29, 1.82) is 0 Å². The second kappa shape index (κ2) is 5.84. The number of aryl methyl sites for hydroxylation is 1. The molecular weight excluding hydrogens is 217 g/mol. The third-order valence-corrected chi connectivity index (χ3v) is 2.26. The summed E-state index contributed by atoms with van der Waals surface area (Å²) in [5.41, 5.74) is -0.299. The minimum absolute atomic E-state index is 0.271. The van der Waals surface area contributed by atoms with Gasteiger partial charge in [0.05, 0.1) is 5.56 Å². The van der Waals surface area contributed by atoms with Crippen LogP contribution in [0.3, 0.4) is 0 Å². The van der Waals surface area contributed by atoms with Crippen molar-refractivity contribution in [2.24, 2.45) is 0 Å². The Balaban J connectivity index is 2.65. The molecule has 1 rings (SSSR count). The fraction of sp³-hybridized carbons (Fsp3) is 0.545. The van der Waals surface area contributed by atoms with Gasteiger partial charge in [0.1, 0.15) is 0 Å². The second-order valence-corrected chi connectivity index (χ2v) is 3.49. The molecule has 2 nitrogen and oxygen atoms in total. The molecule has 16 heavy (non-hydrogen) atoms. The van der Waals surface area contributed by atoms with Gasteiger partial charge in [-0.05, 0) is 37.6 Å². The Morgan fingerprint density at radius 1 is 1.38 bits per heavy atom. The van der Waals surface area contributed by atoms with Crippen molar-refractivity contribution in [1.82, 2.24) is 10.3 Å². The lowest BCUT2D eigenvalue weighted by Gasteiger charge is -2.11. The van der Waals surface area contributed by atoms with Gasteiger partial charge in [0.2, 0.25) is 0 Å². The first-order valence-electron chi connectivity index (χ1n) is 5.26. The maximum absolute atomic E-state index is 12.6. The Hall–Kier alpha value is -1.10. The lowest BCUT2D eigenvalue weighted by atomic mass is 10.1. The van der Waals surface area contributed by atoms with Gasteiger partial charge in [-0.1, -0.05) is 6.92 Å². The Morgan fingerprint density at radius 3 is 2.75 bits per heavy atom. The molecule has 0 bridgehead atoms. The summed E-state index contributed by atoms with van der Waals surface area (Å²) in [5, 5.41) is 3.08. The van der Waals surface area contributed by atoms with Gasteiger partial charge in [-0.15, -0.1) is 0 Å². The van der Waals surface area contributed by atoms with E-state index in [1.165, 1.54) is 12.4 Å². The molecular formula is C11H15F3N2. The molecule has 1 aromatic heterocycles. The Kier molecular flexibility index (Phi) is 4.73. The monoisotopic (exact) mass is 232 g/mol. The van der Waals surface area contributed by atoms with Crippen molar-refractivity contribution in [3.8, 4) is 0 Å². The van der Waals surface area contributed by atoms with E-state index < -0.39 is 11.7 Å². The number of hydrogen-bond acceptors (Lipinski definition) is 2.